The van der Waals surface area contributed by atoms with E-state index in [1.165, 1.54) is 0 Å². The smallest absolute Gasteiger partial charge is 0.285 e. The second-order valence-corrected chi connectivity index (χ2v) is 19.6. The van der Waals surface area contributed by atoms with Gasteiger partial charge in [0, 0.05) is 37.6 Å². The molecule has 0 aromatic heterocycles. The zero-order valence-electron chi connectivity index (χ0n) is 30.0. The van der Waals surface area contributed by atoms with Gasteiger partial charge in [0.25, 0.3) is 5.91 Å². The van der Waals surface area contributed by atoms with Crippen molar-refractivity contribution in [1.82, 2.24) is 4.90 Å². The van der Waals surface area contributed by atoms with Gasteiger partial charge in [0.05, 0.1) is 16.7 Å². The molecule has 5 rings (SSSR count). The second kappa shape index (κ2) is 14.0. The van der Waals surface area contributed by atoms with E-state index in [0.29, 0.717) is 30.2 Å². The Bertz CT molecular complexity index is 1550. The predicted molar refractivity (Wildman–Crippen MR) is 187 cm³/mol. The van der Waals surface area contributed by atoms with Crippen LogP contribution in [0.4, 0.5) is 0 Å². The van der Waals surface area contributed by atoms with Crippen molar-refractivity contribution in [1.29, 1.82) is 0 Å². The van der Waals surface area contributed by atoms with Gasteiger partial charge in [-0.05, 0) is 71.8 Å². The minimum absolute atomic E-state index is 0.0239. The molecule has 4 aliphatic rings. The minimum Gasteiger partial charge on any atom is -0.363 e. The summed E-state index contributed by atoms with van der Waals surface area (Å²) in [4.78, 5) is 69.1. The van der Waals surface area contributed by atoms with Gasteiger partial charge in [-0.2, -0.15) is 0 Å². The van der Waals surface area contributed by atoms with Crippen LogP contribution in [0.5, 0.6) is 0 Å². The number of primary amides is 1. The Labute approximate surface area is 292 Å². The lowest BCUT2D eigenvalue weighted by atomic mass is 9.67. The van der Waals surface area contributed by atoms with Crippen molar-refractivity contribution >= 4 is 39.0 Å². The number of carbonyl (C=O) groups excluding carboxylic acids is 5. The first-order valence-electron chi connectivity index (χ1n) is 18.3. The number of likely N-dealkylation sites (tertiary alicyclic amines) is 1. The van der Waals surface area contributed by atoms with E-state index in [2.05, 4.69) is 13.8 Å². The highest BCUT2D eigenvalue weighted by atomic mass is 32.2. The van der Waals surface area contributed by atoms with Crippen LogP contribution in [0.3, 0.4) is 0 Å². The summed E-state index contributed by atoms with van der Waals surface area (Å²) in [5, 5.41) is 0. The van der Waals surface area contributed by atoms with E-state index in [4.69, 9.17) is 5.73 Å². The van der Waals surface area contributed by atoms with Gasteiger partial charge >= 0.3 is 0 Å². The van der Waals surface area contributed by atoms with E-state index in [1.54, 1.807) is 35.2 Å². The molecule has 49 heavy (non-hydrogen) atoms. The average Bonchev–Trinajstić information content (AvgIpc) is 3.89. The molecular formula is C39H56N2O7S. The highest BCUT2D eigenvalue weighted by molar-refractivity contribution is 7.91. The standard InChI is InChI=1S/C39H56N2O7S/c1-37(2,3)29(22-27(42)23-39(16-10-7-11-17-39)18-19-49(47,48)28-12-8-6-9-13-28)36(46)41-24-30-32(38(30,4)5)33(41)31(43)21-26(20-25-14-15-25)34(44)35(40)45/h6,8-9,12-13,25-26,29-30,32-33H,7,10-11,14-24H2,1-5H3,(H2,40,45)/t26?,29-,30?,32+,33-/m1/s1. The summed E-state index contributed by atoms with van der Waals surface area (Å²) in [6.45, 7) is 10.5. The Hall–Kier alpha value is -2.88. The van der Waals surface area contributed by atoms with Crippen LogP contribution >= 0.6 is 0 Å². The van der Waals surface area contributed by atoms with Crippen molar-refractivity contribution < 1.29 is 32.4 Å². The molecule has 0 radical (unpaired) electrons. The fraction of sp³-hybridized carbons (Fsp3) is 0.718. The number of nitrogens with two attached hydrogens (primary N) is 1. The van der Waals surface area contributed by atoms with Crippen molar-refractivity contribution in [2.45, 2.75) is 123 Å². The van der Waals surface area contributed by atoms with Crippen LogP contribution in [0.2, 0.25) is 0 Å². The number of carbonyl (C=O) groups is 5. The van der Waals surface area contributed by atoms with Crippen LogP contribution in [0, 0.1) is 45.8 Å². The fourth-order valence-corrected chi connectivity index (χ4v) is 10.6. The van der Waals surface area contributed by atoms with E-state index < -0.39 is 50.2 Å². The maximum atomic E-state index is 14.5. The topological polar surface area (TPSA) is 149 Å². The molecule has 1 aromatic rings. The number of sulfone groups is 1. The number of piperidine rings is 1. The Kier molecular flexibility index (Phi) is 10.7. The summed E-state index contributed by atoms with van der Waals surface area (Å²) in [5.74, 6) is -3.25. The first kappa shape index (κ1) is 37.4. The van der Waals surface area contributed by atoms with Crippen LogP contribution in [0.1, 0.15) is 112 Å². The van der Waals surface area contributed by atoms with Gasteiger partial charge in [-0.15, -0.1) is 0 Å². The monoisotopic (exact) mass is 696 g/mol. The maximum absolute atomic E-state index is 14.5. The molecule has 1 saturated heterocycles. The first-order chi connectivity index (χ1) is 22.9. The molecule has 1 aliphatic heterocycles. The molecule has 4 fully saturated rings. The van der Waals surface area contributed by atoms with E-state index in [0.717, 1.165) is 44.9 Å². The zero-order chi connectivity index (χ0) is 35.9. The fourth-order valence-electron chi connectivity index (χ4n) is 9.08. The molecular weight excluding hydrogens is 641 g/mol. The number of hydrogen-bond acceptors (Lipinski definition) is 7. The zero-order valence-corrected chi connectivity index (χ0v) is 30.9. The average molecular weight is 697 g/mol. The number of rotatable bonds is 16. The molecule has 10 heteroatoms. The molecule has 9 nitrogen and oxygen atoms in total. The molecule has 2 unspecified atom stereocenters. The van der Waals surface area contributed by atoms with Gasteiger partial charge in [-0.25, -0.2) is 8.42 Å². The maximum Gasteiger partial charge on any atom is 0.285 e. The summed E-state index contributed by atoms with van der Waals surface area (Å²) in [5.41, 5.74) is 4.24. The molecule has 2 amide bonds. The lowest BCUT2D eigenvalue weighted by Crippen LogP contribution is -2.51. The van der Waals surface area contributed by atoms with Gasteiger partial charge in [-0.1, -0.05) is 84.9 Å². The van der Waals surface area contributed by atoms with Gasteiger partial charge in [0.2, 0.25) is 11.7 Å². The van der Waals surface area contributed by atoms with Crippen molar-refractivity contribution in [2.24, 2.45) is 51.6 Å². The Morgan fingerprint density at radius 3 is 2.16 bits per heavy atom. The number of ketones is 3. The quantitative estimate of drug-likeness (QED) is 0.217. The third kappa shape index (κ3) is 8.37. The van der Waals surface area contributed by atoms with Crippen molar-refractivity contribution in [3.8, 4) is 0 Å². The summed E-state index contributed by atoms with van der Waals surface area (Å²) >= 11 is 0. The highest BCUT2D eigenvalue weighted by Crippen LogP contribution is 2.65. The van der Waals surface area contributed by atoms with E-state index >= 15 is 0 Å². The second-order valence-electron chi connectivity index (χ2n) is 17.4. The largest absolute Gasteiger partial charge is 0.363 e. The molecule has 1 aromatic carbocycles. The molecule has 5 atom stereocenters. The molecule has 0 bridgehead atoms. The lowest BCUT2D eigenvalue weighted by molar-refractivity contribution is -0.148. The van der Waals surface area contributed by atoms with Crippen LogP contribution in [0.25, 0.3) is 0 Å². The molecule has 270 valence electrons. The number of fused-ring (bicyclic) bond motifs is 1. The number of benzene rings is 1. The highest BCUT2D eigenvalue weighted by Gasteiger charge is 2.69. The minimum atomic E-state index is -3.50. The summed E-state index contributed by atoms with van der Waals surface area (Å²) < 4.78 is 26.4. The Balaban J connectivity index is 1.32. The third-order valence-electron chi connectivity index (χ3n) is 12.5. The number of nitrogens with zero attached hydrogens (tertiary/aromatic N) is 1. The van der Waals surface area contributed by atoms with Crippen molar-refractivity contribution in [2.75, 3.05) is 12.3 Å². The normalized spacial score (nSPS) is 25.6. The third-order valence-corrected chi connectivity index (χ3v) is 14.2. The molecule has 2 N–H and O–H groups in total. The predicted octanol–water partition coefficient (Wildman–Crippen LogP) is 5.73. The SMILES string of the molecule is CC(C)(C)[C@H](CC(=O)CC1(CCS(=O)(=O)c2ccccc2)CCCCC1)C(=O)N1CC2[C@@H]([C@H]1C(=O)CC(CC1CC1)C(=O)C(N)=O)C2(C)C. The number of amides is 2. The van der Waals surface area contributed by atoms with Gasteiger partial charge in [0.15, 0.2) is 15.6 Å². The van der Waals surface area contributed by atoms with Crippen molar-refractivity contribution in [3.05, 3.63) is 30.3 Å². The lowest BCUT2D eigenvalue weighted by Gasteiger charge is -2.39. The number of Topliss-reactive ketones (excluding diaryl/α,β-unsaturated/α-hetero) is 3. The van der Waals surface area contributed by atoms with Crippen LogP contribution < -0.4 is 5.73 Å². The summed E-state index contributed by atoms with van der Waals surface area (Å²) in [6.07, 6.45) is 7.44. The van der Waals surface area contributed by atoms with Gasteiger partial charge < -0.3 is 10.6 Å². The summed E-state index contributed by atoms with van der Waals surface area (Å²) in [6, 6.07) is 7.73. The van der Waals surface area contributed by atoms with E-state index in [1.807, 2.05) is 20.8 Å². The van der Waals surface area contributed by atoms with Gasteiger partial charge in [0.1, 0.15) is 5.78 Å². The molecule has 3 aliphatic carbocycles. The molecule has 1 heterocycles. The van der Waals surface area contributed by atoms with Crippen molar-refractivity contribution in [3.63, 3.8) is 0 Å². The van der Waals surface area contributed by atoms with Crippen LogP contribution in [0.15, 0.2) is 35.2 Å². The van der Waals surface area contributed by atoms with E-state index in [-0.39, 0.29) is 59.7 Å². The van der Waals surface area contributed by atoms with Crippen LogP contribution in [-0.4, -0.2) is 60.8 Å². The first-order valence-corrected chi connectivity index (χ1v) is 20.0. The molecule has 3 saturated carbocycles. The number of hydrogen-bond donors (Lipinski definition) is 1. The van der Waals surface area contributed by atoms with Gasteiger partial charge in [-0.3, -0.25) is 24.0 Å². The summed E-state index contributed by atoms with van der Waals surface area (Å²) in [7, 11) is -3.50. The van der Waals surface area contributed by atoms with Crippen LogP contribution in [-0.2, 0) is 33.8 Å². The Morgan fingerprint density at radius 2 is 1.59 bits per heavy atom. The Morgan fingerprint density at radius 1 is 0.959 bits per heavy atom. The van der Waals surface area contributed by atoms with E-state index in [9.17, 15) is 32.4 Å². The molecule has 0 spiro atoms.